The number of carbonyl (C=O) groups excluding carboxylic acids is 2. The SMILES string of the molecule is O=C(O)C(F)(F)F.O=C1CCC(=O)N(CCCCN2CCN(CCCC3CCCCC3)CC2)c2ccccc21. The van der Waals surface area contributed by atoms with Crippen LogP contribution in [0.15, 0.2) is 24.3 Å². The topological polar surface area (TPSA) is 81.2 Å². The summed E-state index contributed by atoms with van der Waals surface area (Å²) >= 11 is 0. The lowest BCUT2D eigenvalue weighted by molar-refractivity contribution is -0.192. The Morgan fingerprint density at radius 3 is 2.03 bits per heavy atom. The molecule has 1 saturated heterocycles. The summed E-state index contributed by atoms with van der Waals surface area (Å²) in [6.45, 7) is 7.84. The second kappa shape index (κ2) is 15.4. The minimum Gasteiger partial charge on any atom is -0.475 e. The molecule has 7 nitrogen and oxygen atoms in total. The van der Waals surface area contributed by atoms with E-state index in [9.17, 15) is 22.8 Å². The molecule has 0 bridgehead atoms. The largest absolute Gasteiger partial charge is 0.490 e. The molecule has 39 heavy (non-hydrogen) atoms. The minimum atomic E-state index is -5.08. The number of ketones is 1. The number of carboxylic acids is 1. The number of carboxylic acid groups (broad SMARTS) is 1. The van der Waals surface area contributed by atoms with E-state index in [0.29, 0.717) is 24.9 Å². The fourth-order valence-electron chi connectivity index (χ4n) is 5.74. The number of hydrogen-bond donors (Lipinski definition) is 1. The molecule has 0 radical (unpaired) electrons. The van der Waals surface area contributed by atoms with E-state index in [1.165, 1.54) is 77.7 Å². The molecular weight excluding hydrogens is 511 g/mol. The van der Waals surface area contributed by atoms with E-state index in [4.69, 9.17) is 9.90 Å². The van der Waals surface area contributed by atoms with Gasteiger partial charge in [0.15, 0.2) is 5.78 Å². The number of benzene rings is 1. The zero-order valence-electron chi connectivity index (χ0n) is 22.8. The number of piperazine rings is 1. The predicted molar refractivity (Wildman–Crippen MR) is 144 cm³/mol. The van der Waals surface area contributed by atoms with Crippen molar-refractivity contribution in [3.8, 4) is 0 Å². The van der Waals surface area contributed by atoms with Crippen LogP contribution in [-0.4, -0.2) is 84.6 Å². The van der Waals surface area contributed by atoms with Crippen molar-refractivity contribution in [2.45, 2.75) is 76.8 Å². The molecule has 1 amide bonds. The number of fused-ring (bicyclic) bond motifs is 1. The molecule has 1 aromatic carbocycles. The molecular formula is C29H42F3N3O4. The van der Waals surface area contributed by atoms with Gasteiger partial charge < -0.3 is 19.8 Å². The first-order chi connectivity index (χ1) is 18.6. The summed E-state index contributed by atoms with van der Waals surface area (Å²) in [7, 11) is 0. The third-order valence-electron chi connectivity index (χ3n) is 7.99. The molecule has 0 aromatic heterocycles. The Balaban J connectivity index is 0.000000532. The lowest BCUT2D eigenvalue weighted by atomic mass is 9.86. The molecule has 1 N–H and O–H groups in total. The number of carbonyl (C=O) groups is 3. The smallest absolute Gasteiger partial charge is 0.475 e. The first kappa shape index (κ1) is 31.1. The van der Waals surface area contributed by atoms with Crippen LogP contribution in [0.1, 0.15) is 81.0 Å². The summed E-state index contributed by atoms with van der Waals surface area (Å²) in [5, 5.41) is 7.12. The van der Waals surface area contributed by atoms with Crippen molar-refractivity contribution in [3.05, 3.63) is 29.8 Å². The highest BCUT2D eigenvalue weighted by atomic mass is 19.4. The van der Waals surface area contributed by atoms with Gasteiger partial charge >= 0.3 is 12.1 Å². The lowest BCUT2D eigenvalue weighted by Gasteiger charge is -2.35. The lowest BCUT2D eigenvalue weighted by Crippen LogP contribution is -2.46. The van der Waals surface area contributed by atoms with E-state index in [-0.39, 0.29) is 11.7 Å². The molecule has 0 atom stereocenters. The number of aliphatic carboxylic acids is 1. The first-order valence-corrected chi connectivity index (χ1v) is 14.3. The summed E-state index contributed by atoms with van der Waals surface area (Å²) in [5.41, 5.74) is 1.51. The number of rotatable bonds is 9. The van der Waals surface area contributed by atoms with E-state index in [2.05, 4.69) is 9.80 Å². The number of para-hydroxylation sites is 1. The van der Waals surface area contributed by atoms with Crippen molar-refractivity contribution in [1.29, 1.82) is 0 Å². The van der Waals surface area contributed by atoms with Crippen molar-refractivity contribution in [2.24, 2.45) is 5.92 Å². The van der Waals surface area contributed by atoms with Gasteiger partial charge in [0.1, 0.15) is 0 Å². The highest BCUT2D eigenvalue weighted by Crippen LogP contribution is 2.28. The van der Waals surface area contributed by atoms with Crippen LogP contribution in [0.5, 0.6) is 0 Å². The summed E-state index contributed by atoms with van der Waals surface area (Å²) in [6, 6.07) is 7.59. The van der Waals surface area contributed by atoms with Crippen LogP contribution in [0.25, 0.3) is 0 Å². The third kappa shape index (κ3) is 10.2. The van der Waals surface area contributed by atoms with E-state index < -0.39 is 12.1 Å². The van der Waals surface area contributed by atoms with Gasteiger partial charge in [-0.15, -0.1) is 0 Å². The fraction of sp³-hybridized carbons (Fsp3) is 0.690. The molecule has 2 fully saturated rings. The summed E-state index contributed by atoms with van der Waals surface area (Å²) in [6.07, 6.45) is 7.78. The molecule has 3 aliphatic rings. The average Bonchev–Trinajstić information content (AvgIpc) is 3.04. The number of nitrogens with zero attached hydrogens (tertiary/aromatic N) is 3. The maximum absolute atomic E-state index is 12.6. The number of anilines is 1. The summed E-state index contributed by atoms with van der Waals surface area (Å²) < 4.78 is 31.7. The highest BCUT2D eigenvalue weighted by molar-refractivity contribution is 6.10. The maximum atomic E-state index is 12.6. The number of halogens is 3. The van der Waals surface area contributed by atoms with Crippen molar-refractivity contribution in [2.75, 3.05) is 50.7 Å². The Labute approximate surface area is 229 Å². The first-order valence-electron chi connectivity index (χ1n) is 14.3. The second-order valence-electron chi connectivity index (χ2n) is 10.8. The van der Waals surface area contributed by atoms with Crippen LogP contribution >= 0.6 is 0 Å². The molecule has 10 heteroatoms. The zero-order chi connectivity index (χ0) is 28.3. The Morgan fingerprint density at radius 1 is 0.846 bits per heavy atom. The Bertz CT molecular complexity index is 942. The van der Waals surface area contributed by atoms with Crippen LogP contribution in [0.3, 0.4) is 0 Å². The Morgan fingerprint density at radius 2 is 1.41 bits per heavy atom. The molecule has 0 spiro atoms. The molecule has 218 valence electrons. The Hall–Kier alpha value is -2.46. The van der Waals surface area contributed by atoms with Gasteiger partial charge in [-0.25, -0.2) is 4.79 Å². The van der Waals surface area contributed by atoms with Gasteiger partial charge in [0.05, 0.1) is 5.69 Å². The third-order valence-corrected chi connectivity index (χ3v) is 7.99. The molecule has 1 saturated carbocycles. The highest BCUT2D eigenvalue weighted by Gasteiger charge is 2.38. The second-order valence-corrected chi connectivity index (χ2v) is 10.8. The van der Waals surface area contributed by atoms with Gasteiger partial charge in [-0.2, -0.15) is 13.2 Å². The van der Waals surface area contributed by atoms with Gasteiger partial charge in [0.25, 0.3) is 0 Å². The number of unbranched alkanes of at least 4 members (excludes halogenated alkanes) is 1. The number of hydrogen-bond acceptors (Lipinski definition) is 5. The van der Waals surface area contributed by atoms with Gasteiger partial charge in [0, 0.05) is 51.1 Å². The van der Waals surface area contributed by atoms with Gasteiger partial charge in [-0.1, -0.05) is 44.2 Å². The molecule has 1 aliphatic carbocycles. The number of amides is 1. The Kier molecular flexibility index (Phi) is 12.2. The van der Waals surface area contributed by atoms with Gasteiger partial charge in [-0.05, 0) is 56.8 Å². The molecule has 4 rings (SSSR count). The quantitative estimate of drug-likeness (QED) is 0.413. The minimum absolute atomic E-state index is 0.0881. The summed E-state index contributed by atoms with van der Waals surface area (Å²) in [5.74, 6) is -1.57. The van der Waals surface area contributed by atoms with Gasteiger partial charge in [-0.3, -0.25) is 9.59 Å². The van der Waals surface area contributed by atoms with Crippen molar-refractivity contribution >= 4 is 23.3 Å². The number of alkyl halides is 3. The van der Waals surface area contributed by atoms with Crippen LogP contribution < -0.4 is 4.90 Å². The molecule has 1 aromatic rings. The van der Waals surface area contributed by atoms with Crippen LogP contribution in [-0.2, 0) is 9.59 Å². The molecule has 2 heterocycles. The fourth-order valence-corrected chi connectivity index (χ4v) is 5.74. The normalized spacial score (nSPS) is 19.7. The van der Waals surface area contributed by atoms with Crippen molar-refractivity contribution < 1.29 is 32.7 Å². The van der Waals surface area contributed by atoms with E-state index in [1.54, 1.807) is 0 Å². The van der Waals surface area contributed by atoms with E-state index >= 15 is 0 Å². The molecule has 0 unspecified atom stereocenters. The van der Waals surface area contributed by atoms with Crippen molar-refractivity contribution in [1.82, 2.24) is 9.80 Å². The van der Waals surface area contributed by atoms with Crippen molar-refractivity contribution in [3.63, 3.8) is 0 Å². The van der Waals surface area contributed by atoms with Crippen LogP contribution in [0.2, 0.25) is 0 Å². The maximum Gasteiger partial charge on any atom is 0.490 e. The van der Waals surface area contributed by atoms with Gasteiger partial charge in [0.2, 0.25) is 5.91 Å². The van der Waals surface area contributed by atoms with E-state index in [0.717, 1.165) is 31.0 Å². The molecule has 2 aliphatic heterocycles. The average molecular weight is 554 g/mol. The standard InChI is InChI=1S/C27H41N3O2.C2HF3O2/c31-26-14-15-27(32)30(25-13-5-4-12-24(25)26)18-7-6-16-28-19-21-29(22-20-28)17-8-11-23-9-2-1-3-10-23;3-2(4,5)1(6)7/h4-5,12-13,23H,1-3,6-11,14-22H2;(H,6,7). The van der Waals surface area contributed by atoms with Crippen LogP contribution in [0, 0.1) is 5.92 Å². The number of Topliss-reactive ketones (excluding diaryl/α,β-unsaturated/α-hetero) is 1. The summed E-state index contributed by atoms with van der Waals surface area (Å²) in [4.78, 5) is 40.9. The monoisotopic (exact) mass is 553 g/mol. The van der Waals surface area contributed by atoms with E-state index in [1.807, 2.05) is 29.2 Å². The zero-order valence-corrected chi connectivity index (χ0v) is 22.8. The predicted octanol–water partition coefficient (Wildman–Crippen LogP) is 5.39. The van der Waals surface area contributed by atoms with Crippen LogP contribution in [0.4, 0.5) is 18.9 Å².